The molecule has 0 unspecified atom stereocenters. The molecule has 2 amide bonds. The van der Waals surface area contributed by atoms with Crippen LogP contribution in [0.2, 0.25) is 15.1 Å². The molecule has 0 saturated carbocycles. The molecule has 0 aliphatic heterocycles. The minimum atomic E-state index is -3.89. The fourth-order valence-corrected chi connectivity index (χ4v) is 5.49. The summed E-state index contributed by atoms with van der Waals surface area (Å²) in [4.78, 5) is 28.8. The zero-order chi connectivity index (χ0) is 28.6. The van der Waals surface area contributed by atoms with Crippen molar-refractivity contribution in [3.8, 4) is 0 Å². The molecule has 0 radical (unpaired) electrons. The Labute approximate surface area is 244 Å². The van der Waals surface area contributed by atoms with Gasteiger partial charge in [0.2, 0.25) is 21.8 Å². The molecule has 1 N–H and O–H groups in total. The normalized spacial score (nSPS) is 12.0. The standard InChI is InChI=1S/C28H30Cl3N3O4S/c1-3-14-32-28(36)26(15-20-8-5-4-6-9-20)33(18-21-12-13-23(30)17-25(21)31)27(35)19-34(39(2,37)38)24-11-7-10-22(29)16-24/h4-13,16-17,26H,3,14-15,18-19H2,1-2H3,(H,32,36)/t26-/m1/s1. The van der Waals surface area contributed by atoms with E-state index in [4.69, 9.17) is 34.8 Å². The van der Waals surface area contributed by atoms with Crippen LogP contribution in [0, 0.1) is 0 Å². The summed E-state index contributed by atoms with van der Waals surface area (Å²) in [6, 6.07) is 19.5. The van der Waals surface area contributed by atoms with Gasteiger partial charge in [0.25, 0.3) is 0 Å². The van der Waals surface area contributed by atoms with Crippen LogP contribution >= 0.6 is 34.8 Å². The number of hydrogen-bond donors (Lipinski definition) is 1. The SMILES string of the molecule is CCCNC(=O)[C@@H](Cc1ccccc1)N(Cc1ccc(Cl)cc1Cl)C(=O)CN(c1cccc(Cl)c1)S(C)(=O)=O. The zero-order valence-corrected chi connectivity index (χ0v) is 24.7. The lowest BCUT2D eigenvalue weighted by atomic mass is 10.0. The average molecular weight is 611 g/mol. The van der Waals surface area contributed by atoms with Crippen LogP contribution in [0.3, 0.4) is 0 Å². The highest BCUT2D eigenvalue weighted by atomic mass is 35.5. The molecule has 0 saturated heterocycles. The molecule has 0 aromatic heterocycles. The van der Waals surface area contributed by atoms with E-state index in [0.29, 0.717) is 33.6 Å². The average Bonchev–Trinajstić information content (AvgIpc) is 2.88. The van der Waals surface area contributed by atoms with Gasteiger partial charge < -0.3 is 10.2 Å². The Morgan fingerprint density at radius 3 is 2.23 bits per heavy atom. The number of carbonyl (C=O) groups is 2. The minimum absolute atomic E-state index is 0.0426. The molecule has 7 nitrogen and oxygen atoms in total. The maximum absolute atomic E-state index is 14.0. The van der Waals surface area contributed by atoms with Crippen molar-refractivity contribution >= 4 is 62.3 Å². The maximum atomic E-state index is 14.0. The minimum Gasteiger partial charge on any atom is -0.354 e. The van der Waals surface area contributed by atoms with Crippen molar-refractivity contribution in [1.29, 1.82) is 0 Å². The molecular weight excluding hydrogens is 581 g/mol. The highest BCUT2D eigenvalue weighted by Crippen LogP contribution is 2.26. The second kappa shape index (κ2) is 14.0. The fourth-order valence-electron chi connectivity index (χ4n) is 4.00. The highest BCUT2D eigenvalue weighted by molar-refractivity contribution is 7.92. The van der Waals surface area contributed by atoms with Crippen LogP contribution in [0.25, 0.3) is 0 Å². The monoisotopic (exact) mass is 609 g/mol. The van der Waals surface area contributed by atoms with Crippen LogP contribution in [0.4, 0.5) is 5.69 Å². The Kier molecular flexibility index (Phi) is 11.1. The van der Waals surface area contributed by atoms with Crippen LogP contribution in [-0.2, 0) is 32.6 Å². The van der Waals surface area contributed by atoms with Gasteiger partial charge in [-0.15, -0.1) is 0 Å². The molecule has 39 heavy (non-hydrogen) atoms. The van der Waals surface area contributed by atoms with Gasteiger partial charge in [0.15, 0.2) is 0 Å². The number of nitrogens with zero attached hydrogens (tertiary/aromatic N) is 2. The molecule has 0 aliphatic carbocycles. The van der Waals surface area contributed by atoms with Crippen molar-refractivity contribution in [2.75, 3.05) is 23.7 Å². The third-order valence-corrected chi connectivity index (χ3v) is 7.91. The van der Waals surface area contributed by atoms with Crippen LogP contribution in [0.5, 0.6) is 0 Å². The van der Waals surface area contributed by atoms with Gasteiger partial charge in [0.05, 0.1) is 11.9 Å². The molecule has 3 rings (SSSR count). The second-order valence-electron chi connectivity index (χ2n) is 9.00. The van der Waals surface area contributed by atoms with Gasteiger partial charge >= 0.3 is 0 Å². The Bertz CT molecular complexity index is 1400. The summed E-state index contributed by atoms with van der Waals surface area (Å²) in [6.07, 6.45) is 1.93. The lowest BCUT2D eigenvalue weighted by Gasteiger charge is -2.33. The molecule has 0 aliphatic rings. The highest BCUT2D eigenvalue weighted by Gasteiger charge is 2.33. The number of nitrogens with one attached hydrogen (secondary N) is 1. The number of halogens is 3. The first-order chi connectivity index (χ1) is 18.5. The van der Waals surface area contributed by atoms with Gasteiger partial charge in [-0.1, -0.05) is 84.2 Å². The Balaban J connectivity index is 2.07. The van der Waals surface area contributed by atoms with E-state index in [2.05, 4.69) is 5.32 Å². The Hall–Kier alpha value is -2.78. The van der Waals surface area contributed by atoms with Gasteiger partial charge in [-0.25, -0.2) is 8.42 Å². The number of hydrogen-bond acceptors (Lipinski definition) is 4. The van der Waals surface area contributed by atoms with Crippen molar-refractivity contribution in [2.24, 2.45) is 0 Å². The summed E-state index contributed by atoms with van der Waals surface area (Å²) >= 11 is 18.6. The van der Waals surface area contributed by atoms with Gasteiger partial charge in [-0.05, 0) is 47.9 Å². The van der Waals surface area contributed by atoms with Crippen LogP contribution in [-0.4, -0.2) is 50.5 Å². The molecule has 11 heteroatoms. The molecule has 3 aromatic rings. The molecule has 0 fully saturated rings. The Morgan fingerprint density at radius 2 is 1.62 bits per heavy atom. The summed E-state index contributed by atoms with van der Waals surface area (Å²) in [5, 5.41) is 3.95. The first-order valence-electron chi connectivity index (χ1n) is 12.3. The second-order valence-corrected chi connectivity index (χ2v) is 12.2. The summed E-state index contributed by atoms with van der Waals surface area (Å²) in [6.45, 7) is 1.76. The van der Waals surface area contributed by atoms with Crippen LogP contribution in [0.15, 0.2) is 72.8 Å². The van der Waals surface area contributed by atoms with Crippen molar-refractivity contribution in [3.63, 3.8) is 0 Å². The van der Waals surface area contributed by atoms with Crippen LogP contribution < -0.4 is 9.62 Å². The fraction of sp³-hybridized carbons (Fsp3) is 0.286. The topological polar surface area (TPSA) is 86.8 Å². The number of anilines is 1. The molecule has 1 atom stereocenters. The van der Waals surface area contributed by atoms with Gasteiger partial charge in [-0.2, -0.15) is 0 Å². The van der Waals surface area contributed by atoms with Crippen molar-refractivity contribution in [1.82, 2.24) is 10.2 Å². The van der Waals surface area contributed by atoms with E-state index in [9.17, 15) is 18.0 Å². The number of amides is 2. The van der Waals surface area contributed by atoms with Crippen molar-refractivity contribution in [3.05, 3.63) is 99.0 Å². The molecule has 208 valence electrons. The third kappa shape index (κ3) is 8.86. The summed E-state index contributed by atoms with van der Waals surface area (Å²) in [7, 11) is -3.89. The molecular formula is C28H30Cl3N3O4S. The van der Waals surface area contributed by atoms with E-state index in [1.165, 1.54) is 11.0 Å². The largest absolute Gasteiger partial charge is 0.354 e. The maximum Gasteiger partial charge on any atom is 0.244 e. The van der Waals surface area contributed by atoms with Gasteiger partial charge in [0, 0.05) is 34.6 Å². The summed E-state index contributed by atoms with van der Waals surface area (Å²) < 4.78 is 26.5. The van der Waals surface area contributed by atoms with Crippen LogP contribution in [0.1, 0.15) is 24.5 Å². The Morgan fingerprint density at radius 1 is 0.923 bits per heavy atom. The predicted octanol–water partition coefficient (Wildman–Crippen LogP) is 5.58. The predicted molar refractivity (Wildman–Crippen MR) is 158 cm³/mol. The van der Waals surface area contributed by atoms with E-state index in [0.717, 1.165) is 16.1 Å². The quantitative estimate of drug-likeness (QED) is 0.290. The van der Waals surface area contributed by atoms with Gasteiger partial charge in [0.1, 0.15) is 12.6 Å². The third-order valence-electron chi connectivity index (χ3n) is 5.95. The number of carbonyl (C=O) groups excluding carboxylic acids is 2. The van der Waals surface area contributed by atoms with E-state index >= 15 is 0 Å². The lowest BCUT2D eigenvalue weighted by molar-refractivity contribution is -0.140. The number of sulfonamides is 1. The number of rotatable bonds is 12. The summed E-state index contributed by atoms with van der Waals surface area (Å²) in [5.41, 5.74) is 1.63. The van der Waals surface area contributed by atoms with Gasteiger partial charge in [-0.3, -0.25) is 13.9 Å². The first kappa shape index (κ1) is 30.8. The molecule has 0 heterocycles. The summed E-state index contributed by atoms with van der Waals surface area (Å²) in [5.74, 6) is -0.938. The number of benzene rings is 3. The van der Waals surface area contributed by atoms with E-state index in [-0.39, 0.29) is 24.6 Å². The zero-order valence-electron chi connectivity index (χ0n) is 21.6. The smallest absolute Gasteiger partial charge is 0.244 e. The molecule has 3 aromatic carbocycles. The van der Waals surface area contributed by atoms with E-state index in [1.54, 1.807) is 36.4 Å². The molecule has 0 bridgehead atoms. The van der Waals surface area contributed by atoms with E-state index in [1.807, 2.05) is 37.3 Å². The lowest BCUT2D eigenvalue weighted by Crippen LogP contribution is -2.53. The molecule has 0 spiro atoms. The van der Waals surface area contributed by atoms with Crippen molar-refractivity contribution in [2.45, 2.75) is 32.4 Å². The van der Waals surface area contributed by atoms with E-state index < -0.39 is 28.5 Å². The van der Waals surface area contributed by atoms with Crippen molar-refractivity contribution < 1.29 is 18.0 Å². The first-order valence-corrected chi connectivity index (χ1v) is 15.3.